The van der Waals surface area contributed by atoms with E-state index in [1.165, 1.54) is 18.4 Å². The van der Waals surface area contributed by atoms with Gasteiger partial charge >= 0.3 is 0 Å². The third kappa shape index (κ3) is 3.62. The zero-order chi connectivity index (χ0) is 12.8. The summed E-state index contributed by atoms with van der Waals surface area (Å²) in [6.07, 6.45) is 6.35. The molecular formula is C15H21N3. The van der Waals surface area contributed by atoms with E-state index in [0.717, 1.165) is 12.2 Å². The van der Waals surface area contributed by atoms with Crippen LogP contribution in [0.1, 0.15) is 32.3 Å². The second-order valence-electron chi connectivity index (χ2n) is 4.75. The van der Waals surface area contributed by atoms with Crippen molar-refractivity contribution < 1.29 is 0 Å². The molecular weight excluding hydrogens is 222 g/mol. The van der Waals surface area contributed by atoms with Crippen molar-refractivity contribution in [2.45, 2.75) is 39.3 Å². The lowest BCUT2D eigenvalue weighted by atomic mass is 10.2. The fraction of sp³-hybridized carbons (Fsp3) is 0.400. The van der Waals surface area contributed by atoms with E-state index in [1.807, 2.05) is 16.9 Å². The van der Waals surface area contributed by atoms with E-state index in [2.05, 4.69) is 54.7 Å². The van der Waals surface area contributed by atoms with Gasteiger partial charge in [-0.05, 0) is 18.9 Å². The second-order valence-corrected chi connectivity index (χ2v) is 4.75. The lowest BCUT2D eigenvalue weighted by Crippen LogP contribution is -2.13. The lowest BCUT2D eigenvalue weighted by molar-refractivity contribution is 0.683. The minimum absolute atomic E-state index is 0.504. The molecule has 0 aliphatic carbocycles. The number of hydrogen-bond acceptors (Lipinski definition) is 2. The van der Waals surface area contributed by atoms with E-state index in [1.54, 1.807) is 0 Å². The molecule has 18 heavy (non-hydrogen) atoms. The van der Waals surface area contributed by atoms with E-state index in [-0.39, 0.29) is 0 Å². The molecule has 0 bridgehead atoms. The van der Waals surface area contributed by atoms with Crippen molar-refractivity contribution in [2.75, 3.05) is 5.32 Å². The maximum absolute atomic E-state index is 4.38. The highest BCUT2D eigenvalue weighted by Crippen LogP contribution is 2.11. The summed E-state index contributed by atoms with van der Waals surface area (Å²) in [5, 5.41) is 7.84. The molecule has 0 saturated carbocycles. The van der Waals surface area contributed by atoms with Crippen molar-refractivity contribution in [3.05, 3.63) is 48.3 Å². The molecule has 96 valence electrons. The van der Waals surface area contributed by atoms with E-state index < -0.39 is 0 Å². The Morgan fingerprint density at radius 3 is 2.78 bits per heavy atom. The van der Waals surface area contributed by atoms with E-state index in [9.17, 15) is 0 Å². The second kappa shape index (κ2) is 6.24. The monoisotopic (exact) mass is 243 g/mol. The summed E-state index contributed by atoms with van der Waals surface area (Å²) in [4.78, 5) is 0. The fourth-order valence-corrected chi connectivity index (χ4v) is 2.08. The molecule has 0 aliphatic rings. The molecule has 0 saturated heterocycles. The summed E-state index contributed by atoms with van der Waals surface area (Å²) >= 11 is 0. The van der Waals surface area contributed by atoms with Gasteiger partial charge < -0.3 is 5.32 Å². The largest absolute Gasteiger partial charge is 0.380 e. The van der Waals surface area contributed by atoms with Gasteiger partial charge in [0, 0.05) is 12.2 Å². The van der Waals surface area contributed by atoms with E-state index >= 15 is 0 Å². The van der Waals surface area contributed by atoms with Crippen LogP contribution in [0.4, 0.5) is 5.69 Å². The Morgan fingerprint density at radius 1 is 1.28 bits per heavy atom. The first-order valence-corrected chi connectivity index (χ1v) is 6.61. The molecule has 0 spiro atoms. The van der Waals surface area contributed by atoms with Crippen molar-refractivity contribution in [3.63, 3.8) is 0 Å². The van der Waals surface area contributed by atoms with Crippen LogP contribution in [-0.2, 0) is 6.54 Å². The molecule has 3 heteroatoms. The molecule has 0 radical (unpaired) electrons. The van der Waals surface area contributed by atoms with Crippen LogP contribution in [0.3, 0.4) is 0 Å². The average molecular weight is 243 g/mol. The van der Waals surface area contributed by atoms with Crippen LogP contribution < -0.4 is 5.32 Å². The van der Waals surface area contributed by atoms with Gasteiger partial charge in [0.1, 0.15) is 0 Å². The summed E-state index contributed by atoms with van der Waals surface area (Å²) in [7, 11) is 0. The minimum atomic E-state index is 0.504. The first kappa shape index (κ1) is 12.7. The summed E-state index contributed by atoms with van der Waals surface area (Å²) in [6.45, 7) is 5.24. The van der Waals surface area contributed by atoms with Crippen molar-refractivity contribution in [3.8, 4) is 0 Å². The summed E-state index contributed by atoms with van der Waals surface area (Å²) in [5.41, 5.74) is 2.38. The minimum Gasteiger partial charge on any atom is -0.380 e. The Morgan fingerprint density at radius 2 is 2.06 bits per heavy atom. The maximum atomic E-state index is 4.38. The van der Waals surface area contributed by atoms with Crippen molar-refractivity contribution in [2.24, 2.45) is 0 Å². The molecule has 1 aromatic carbocycles. The highest BCUT2D eigenvalue weighted by molar-refractivity contribution is 5.39. The number of benzene rings is 1. The van der Waals surface area contributed by atoms with Crippen LogP contribution in [0.15, 0.2) is 42.7 Å². The fourth-order valence-electron chi connectivity index (χ4n) is 2.08. The molecule has 3 nitrogen and oxygen atoms in total. The van der Waals surface area contributed by atoms with Gasteiger partial charge in [-0.15, -0.1) is 0 Å². The molecule has 2 rings (SSSR count). The standard InChI is InChI=1S/C15H21N3/c1-3-7-13(2)17-15-10-16-18(12-15)11-14-8-5-4-6-9-14/h4-6,8-10,12-13,17H,3,7,11H2,1-2H3. The van der Waals surface area contributed by atoms with Crippen molar-refractivity contribution in [1.82, 2.24) is 9.78 Å². The average Bonchev–Trinajstić information content (AvgIpc) is 2.78. The topological polar surface area (TPSA) is 29.9 Å². The van der Waals surface area contributed by atoms with Gasteiger partial charge in [-0.2, -0.15) is 5.10 Å². The van der Waals surface area contributed by atoms with Crippen LogP contribution in [-0.4, -0.2) is 15.8 Å². The number of aromatic nitrogens is 2. The zero-order valence-corrected chi connectivity index (χ0v) is 11.1. The quantitative estimate of drug-likeness (QED) is 0.841. The summed E-state index contributed by atoms with van der Waals surface area (Å²) < 4.78 is 1.97. The Bertz CT molecular complexity index is 462. The lowest BCUT2D eigenvalue weighted by Gasteiger charge is -2.11. The maximum Gasteiger partial charge on any atom is 0.0728 e. The van der Waals surface area contributed by atoms with Crippen LogP contribution in [0.2, 0.25) is 0 Å². The van der Waals surface area contributed by atoms with Crippen molar-refractivity contribution >= 4 is 5.69 Å². The first-order chi connectivity index (χ1) is 8.78. The van der Waals surface area contributed by atoms with Gasteiger partial charge in [0.15, 0.2) is 0 Å². The normalized spacial score (nSPS) is 12.3. The highest BCUT2D eigenvalue weighted by atomic mass is 15.3. The predicted molar refractivity (Wildman–Crippen MR) is 75.8 cm³/mol. The number of nitrogens with one attached hydrogen (secondary N) is 1. The van der Waals surface area contributed by atoms with Gasteiger partial charge in [-0.3, -0.25) is 4.68 Å². The molecule has 2 aromatic rings. The molecule has 1 unspecified atom stereocenters. The highest BCUT2D eigenvalue weighted by Gasteiger charge is 2.03. The molecule has 0 amide bonds. The number of hydrogen-bond donors (Lipinski definition) is 1. The van der Waals surface area contributed by atoms with E-state index in [0.29, 0.717) is 6.04 Å². The zero-order valence-electron chi connectivity index (χ0n) is 11.1. The van der Waals surface area contributed by atoms with Gasteiger partial charge in [-0.25, -0.2) is 0 Å². The molecule has 1 aromatic heterocycles. The SMILES string of the molecule is CCCC(C)Nc1cnn(Cc2ccccc2)c1. The van der Waals surface area contributed by atoms with Gasteiger partial charge in [-0.1, -0.05) is 43.7 Å². The molecule has 0 aliphatic heterocycles. The molecule has 0 fully saturated rings. The third-order valence-electron chi connectivity index (χ3n) is 2.96. The molecule has 1 heterocycles. The van der Waals surface area contributed by atoms with E-state index in [4.69, 9.17) is 0 Å². The predicted octanol–water partition coefficient (Wildman–Crippen LogP) is 3.53. The Hall–Kier alpha value is -1.77. The Kier molecular flexibility index (Phi) is 4.40. The number of nitrogens with zero attached hydrogens (tertiary/aromatic N) is 2. The van der Waals surface area contributed by atoms with Gasteiger partial charge in [0.2, 0.25) is 0 Å². The number of rotatable bonds is 6. The first-order valence-electron chi connectivity index (χ1n) is 6.61. The summed E-state index contributed by atoms with van der Waals surface area (Å²) in [5.74, 6) is 0. The third-order valence-corrected chi connectivity index (χ3v) is 2.96. The smallest absolute Gasteiger partial charge is 0.0728 e. The van der Waals surface area contributed by atoms with Crippen LogP contribution in [0.25, 0.3) is 0 Å². The molecule has 1 atom stereocenters. The molecule has 1 N–H and O–H groups in total. The van der Waals surface area contributed by atoms with Gasteiger partial charge in [0.25, 0.3) is 0 Å². The van der Waals surface area contributed by atoms with Crippen LogP contribution in [0, 0.1) is 0 Å². The Labute approximate surface area is 109 Å². The van der Waals surface area contributed by atoms with Crippen LogP contribution in [0.5, 0.6) is 0 Å². The van der Waals surface area contributed by atoms with Crippen molar-refractivity contribution in [1.29, 1.82) is 0 Å². The van der Waals surface area contributed by atoms with Crippen LogP contribution >= 0.6 is 0 Å². The van der Waals surface area contributed by atoms with Gasteiger partial charge in [0.05, 0.1) is 18.4 Å². The number of anilines is 1. The Balaban J connectivity index is 1.94. The summed E-state index contributed by atoms with van der Waals surface area (Å²) in [6, 6.07) is 10.9.